The van der Waals surface area contributed by atoms with Crippen LogP contribution in [0.4, 0.5) is 14.4 Å². The second-order valence-corrected chi connectivity index (χ2v) is 9.98. The summed E-state index contributed by atoms with van der Waals surface area (Å²) in [5.41, 5.74) is -0.780. The number of imide groups is 1. The smallest absolute Gasteiger partial charge is 0.419 e. The van der Waals surface area contributed by atoms with Gasteiger partial charge in [-0.25, -0.2) is 19.3 Å². The van der Waals surface area contributed by atoms with Gasteiger partial charge in [0.2, 0.25) is 0 Å². The average Bonchev–Trinajstić information content (AvgIpc) is 3.15. The summed E-state index contributed by atoms with van der Waals surface area (Å²) in [4.78, 5) is 45.6. The Labute approximate surface area is 176 Å². The van der Waals surface area contributed by atoms with Crippen LogP contribution in [0.2, 0.25) is 0 Å². The molecule has 3 rings (SSSR count). The molecule has 0 spiro atoms. The molecule has 168 valence electrons. The number of nitrogens with zero attached hydrogens (tertiary/aromatic N) is 3. The van der Waals surface area contributed by atoms with E-state index in [1.807, 2.05) is 0 Å². The van der Waals surface area contributed by atoms with E-state index in [1.165, 1.54) is 0 Å². The summed E-state index contributed by atoms with van der Waals surface area (Å²) in [5, 5.41) is 7.12. The summed E-state index contributed by atoms with van der Waals surface area (Å²) in [6.45, 7) is 11.0. The fraction of sp³-hybridized carbons (Fsp3) is 0.800. The largest absolute Gasteiger partial charge is 0.443 e. The lowest BCUT2D eigenvalue weighted by Crippen LogP contribution is -2.47. The van der Waals surface area contributed by atoms with E-state index in [1.54, 1.807) is 46.4 Å². The Morgan fingerprint density at radius 3 is 2.30 bits per heavy atom. The monoisotopic (exact) mass is 424 g/mol. The van der Waals surface area contributed by atoms with Crippen LogP contribution >= 0.6 is 0 Å². The van der Waals surface area contributed by atoms with Gasteiger partial charge in [-0.05, 0) is 54.4 Å². The van der Waals surface area contributed by atoms with E-state index in [9.17, 15) is 14.4 Å². The van der Waals surface area contributed by atoms with E-state index < -0.39 is 29.5 Å². The Bertz CT molecular complexity index is 711. The molecule has 1 unspecified atom stereocenters. The minimum atomic E-state index is -0.798. The maximum Gasteiger partial charge on any atom is 0.419 e. The van der Waals surface area contributed by atoms with Gasteiger partial charge in [-0.15, -0.1) is 0 Å². The van der Waals surface area contributed by atoms with E-state index in [0.717, 1.165) is 23.5 Å². The lowest BCUT2D eigenvalue weighted by molar-refractivity contribution is -0.0130. The van der Waals surface area contributed by atoms with Crippen LogP contribution < -0.4 is 5.32 Å². The van der Waals surface area contributed by atoms with Crippen molar-refractivity contribution in [3.05, 3.63) is 0 Å². The highest BCUT2D eigenvalue weighted by molar-refractivity contribution is 5.95. The topological polar surface area (TPSA) is 110 Å². The Kier molecular flexibility index (Phi) is 5.88. The number of carbonyl (C=O) groups is 3. The molecule has 3 heterocycles. The molecule has 2 saturated heterocycles. The molecule has 0 saturated carbocycles. The zero-order valence-electron chi connectivity index (χ0n) is 18.6. The first-order chi connectivity index (χ1) is 13.8. The van der Waals surface area contributed by atoms with Crippen LogP contribution in [0.5, 0.6) is 0 Å². The van der Waals surface area contributed by atoms with Crippen molar-refractivity contribution in [3.63, 3.8) is 0 Å². The molecule has 2 bridgehead atoms. The number of ether oxygens (including phenoxy) is 2. The molecule has 3 atom stereocenters. The van der Waals surface area contributed by atoms with Gasteiger partial charge in [-0.1, -0.05) is 5.16 Å². The van der Waals surface area contributed by atoms with Crippen molar-refractivity contribution in [2.24, 2.45) is 5.16 Å². The summed E-state index contributed by atoms with van der Waals surface area (Å²) in [7, 11) is 0. The summed E-state index contributed by atoms with van der Waals surface area (Å²) in [6, 6.07) is -0.00895. The van der Waals surface area contributed by atoms with Crippen molar-refractivity contribution in [3.8, 4) is 0 Å². The highest BCUT2D eigenvalue weighted by Crippen LogP contribution is 2.28. The highest BCUT2D eigenvalue weighted by Gasteiger charge is 2.43. The van der Waals surface area contributed by atoms with Gasteiger partial charge in [0.05, 0.1) is 18.3 Å². The van der Waals surface area contributed by atoms with Gasteiger partial charge in [-0.3, -0.25) is 0 Å². The highest BCUT2D eigenvalue weighted by atomic mass is 16.6. The third-order valence-electron chi connectivity index (χ3n) is 4.92. The number of urea groups is 1. The molecule has 1 N–H and O–H groups in total. The molecule has 0 aromatic carbocycles. The molecule has 30 heavy (non-hydrogen) atoms. The number of piperidine rings is 1. The summed E-state index contributed by atoms with van der Waals surface area (Å²) in [5.74, 6) is 0. The fourth-order valence-electron chi connectivity index (χ4n) is 3.72. The van der Waals surface area contributed by atoms with Gasteiger partial charge < -0.3 is 24.5 Å². The van der Waals surface area contributed by atoms with Gasteiger partial charge in [0.1, 0.15) is 11.2 Å². The van der Waals surface area contributed by atoms with Crippen LogP contribution in [0.25, 0.3) is 0 Å². The van der Waals surface area contributed by atoms with Crippen LogP contribution in [-0.4, -0.2) is 76.2 Å². The Hall–Kier alpha value is -2.52. The molecule has 3 aliphatic heterocycles. The van der Waals surface area contributed by atoms with Crippen molar-refractivity contribution in [1.82, 2.24) is 15.1 Å². The first-order valence-corrected chi connectivity index (χ1v) is 10.4. The van der Waals surface area contributed by atoms with E-state index in [4.69, 9.17) is 14.3 Å². The number of oxime groups is 1. The van der Waals surface area contributed by atoms with Gasteiger partial charge in [0, 0.05) is 19.0 Å². The summed E-state index contributed by atoms with van der Waals surface area (Å²) < 4.78 is 10.8. The van der Waals surface area contributed by atoms with Crippen molar-refractivity contribution >= 4 is 23.9 Å². The fourth-order valence-corrected chi connectivity index (χ4v) is 3.72. The third-order valence-corrected chi connectivity index (χ3v) is 4.92. The number of nitrogens with one attached hydrogen (secondary N) is 1. The molecule has 0 aliphatic carbocycles. The zero-order chi connectivity index (χ0) is 22.3. The third kappa shape index (κ3) is 5.34. The Balaban J connectivity index is 1.65. The lowest BCUT2D eigenvalue weighted by atomic mass is 9.94. The number of hydrogen-bond donors (Lipinski definition) is 1. The number of amides is 4. The molecule has 10 heteroatoms. The van der Waals surface area contributed by atoms with Gasteiger partial charge >= 0.3 is 18.2 Å². The van der Waals surface area contributed by atoms with Crippen molar-refractivity contribution in [2.75, 3.05) is 13.1 Å². The molecule has 0 aromatic rings. The van der Waals surface area contributed by atoms with E-state index in [0.29, 0.717) is 13.0 Å². The molecule has 4 amide bonds. The quantitative estimate of drug-likeness (QED) is 0.746. The molecular formula is C20H32N4O6. The number of rotatable bonds is 3. The molecule has 0 radical (unpaired) electrons. The minimum absolute atomic E-state index is 0.0572. The van der Waals surface area contributed by atoms with Gasteiger partial charge in [-0.2, -0.15) is 0 Å². The predicted molar refractivity (Wildman–Crippen MR) is 108 cm³/mol. The van der Waals surface area contributed by atoms with Crippen molar-refractivity contribution < 1.29 is 28.7 Å². The molecule has 3 aliphatic rings. The number of hydrogen-bond acceptors (Lipinski definition) is 7. The van der Waals surface area contributed by atoms with Gasteiger partial charge in [0.15, 0.2) is 6.10 Å². The van der Waals surface area contributed by atoms with Crippen LogP contribution in [0, 0.1) is 0 Å². The molecule has 0 aromatic heterocycles. The summed E-state index contributed by atoms with van der Waals surface area (Å²) >= 11 is 0. The Morgan fingerprint density at radius 2 is 1.73 bits per heavy atom. The maximum atomic E-state index is 12.7. The van der Waals surface area contributed by atoms with Crippen LogP contribution in [0.3, 0.4) is 0 Å². The Morgan fingerprint density at radius 1 is 1.13 bits per heavy atom. The minimum Gasteiger partial charge on any atom is -0.443 e. The lowest BCUT2D eigenvalue weighted by Gasteiger charge is -2.30. The van der Waals surface area contributed by atoms with E-state index in [2.05, 4.69) is 10.5 Å². The van der Waals surface area contributed by atoms with Crippen LogP contribution in [-0.2, 0) is 14.3 Å². The average molecular weight is 424 g/mol. The van der Waals surface area contributed by atoms with Crippen LogP contribution in [0.15, 0.2) is 5.16 Å². The SMILES string of the molecule is CC(C)(C)OC(=O)N(C[C@H]1CC([C@@H]2CCC3CN2C(=O)N3)=NO1)C(=O)OC(C)(C)C. The standard InChI is InChI=1S/C20H32N4O6/c1-19(2,3)28-17(26)24(18(27)29-20(4,5)6)11-13-9-14(22-30-13)15-8-7-12-10-23(15)16(25)21-12/h12-13,15H,7-11H2,1-6H3,(H,21,25)/t12?,13-,15+/m1/s1. The zero-order valence-corrected chi connectivity index (χ0v) is 18.6. The van der Waals surface area contributed by atoms with E-state index >= 15 is 0 Å². The first-order valence-electron chi connectivity index (χ1n) is 10.4. The van der Waals surface area contributed by atoms with Crippen molar-refractivity contribution in [2.45, 2.75) is 90.2 Å². The second kappa shape index (κ2) is 7.96. The molecule has 10 nitrogen and oxygen atoms in total. The normalized spacial score (nSPS) is 25.9. The molecule has 2 fully saturated rings. The molecular weight excluding hydrogens is 392 g/mol. The second-order valence-electron chi connectivity index (χ2n) is 9.98. The maximum absolute atomic E-state index is 12.7. The predicted octanol–water partition coefficient (Wildman–Crippen LogP) is 2.86. The number of carbonyl (C=O) groups excluding carboxylic acids is 3. The van der Waals surface area contributed by atoms with Crippen LogP contribution in [0.1, 0.15) is 60.8 Å². The van der Waals surface area contributed by atoms with Crippen molar-refractivity contribution in [1.29, 1.82) is 0 Å². The van der Waals surface area contributed by atoms with Gasteiger partial charge in [0.25, 0.3) is 0 Å². The first kappa shape index (κ1) is 22.2. The number of fused-ring (bicyclic) bond motifs is 2. The summed E-state index contributed by atoms with van der Waals surface area (Å²) in [6.07, 6.45) is -0.00946. The van der Waals surface area contributed by atoms with E-state index in [-0.39, 0.29) is 24.7 Å².